The minimum absolute atomic E-state index is 0.0638. The highest BCUT2D eigenvalue weighted by Gasteiger charge is 2.23. The van der Waals surface area contributed by atoms with Crippen LogP contribution in [0.3, 0.4) is 0 Å². The number of nitrogens with one attached hydrogen (secondary N) is 2. The van der Waals surface area contributed by atoms with Crippen molar-refractivity contribution in [3.05, 3.63) is 48.5 Å². The predicted octanol–water partition coefficient (Wildman–Crippen LogP) is 2.56. The normalized spacial score (nSPS) is 17.3. The van der Waals surface area contributed by atoms with Gasteiger partial charge in [-0.2, -0.15) is 4.52 Å². The second-order valence-corrected chi connectivity index (χ2v) is 6.96. The van der Waals surface area contributed by atoms with Gasteiger partial charge in [-0.3, -0.25) is 9.78 Å². The van der Waals surface area contributed by atoms with Crippen LogP contribution in [-0.4, -0.2) is 43.1 Å². The Morgan fingerprint density at radius 1 is 1.17 bits per heavy atom. The summed E-state index contributed by atoms with van der Waals surface area (Å²) in [6, 6.07) is 8.65. The molecule has 0 radical (unpaired) electrons. The van der Waals surface area contributed by atoms with Crippen LogP contribution >= 0.6 is 0 Å². The Hall–Kier alpha value is -3.62. The van der Waals surface area contributed by atoms with Crippen LogP contribution in [0, 0.1) is 5.82 Å². The van der Waals surface area contributed by atoms with Crippen LogP contribution in [0.15, 0.2) is 42.7 Å². The molecule has 2 N–H and O–H groups in total. The number of carbonyl (C=O) groups excluding carboxylic acids is 1. The van der Waals surface area contributed by atoms with Crippen LogP contribution in [0.5, 0.6) is 0 Å². The van der Waals surface area contributed by atoms with E-state index in [4.69, 9.17) is 0 Å². The van der Waals surface area contributed by atoms with Crippen LogP contribution in [-0.2, 0) is 4.79 Å². The molecule has 8 nitrogen and oxygen atoms in total. The molecule has 0 unspecified atom stereocenters. The third kappa shape index (κ3) is 3.14. The zero-order valence-corrected chi connectivity index (χ0v) is 15.5. The van der Waals surface area contributed by atoms with E-state index in [1.807, 2.05) is 24.3 Å². The summed E-state index contributed by atoms with van der Waals surface area (Å²) in [6.07, 6.45) is 5.20. The van der Waals surface area contributed by atoms with Gasteiger partial charge in [0.05, 0.1) is 17.3 Å². The van der Waals surface area contributed by atoms with E-state index in [-0.39, 0.29) is 17.3 Å². The zero-order valence-electron chi connectivity index (χ0n) is 15.5. The largest absolute Gasteiger partial charge is 0.354 e. The zero-order chi connectivity index (χ0) is 19.8. The number of para-hydroxylation sites is 1. The topological polar surface area (TPSA) is 97.1 Å². The van der Waals surface area contributed by atoms with E-state index in [1.165, 1.54) is 16.8 Å². The van der Waals surface area contributed by atoms with Gasteiger partial charge in [0.1, 0.15) is 6.04 Å². The standard InChI is InChI=1S/C20H18FN7O/c21-14-11-22-10-8-12(14)17-26-18-13-5-1-2-6-15(13)24-20(28(18)27-17)25-16-7-3-4-9-23-19(16)29/h1-2,5-6,8,10-11,16H,3-4,7,9H2,(H,23,29)(H,24,25)/t16-/m0/s1. The lowest BCUT2D eigenvalue weighted by molar-refractivity contribution is -0.121. The van der Waals surface area contributed by atoms with Crippen molar-refractivity contribution < 1.29 is 9.18 Å². The Kier molecular flexibility index (Phi) is 4.27. The number of hydrogen-bond donors (Lipinski definition) is 2. The highest BCUT2D eigenvalue weighted by molar-refractivity contribution is 5.93. The third-order valence-electron chi connectivity index (χ3n) is 5.03. The van der Waals surface area contributed by atoms with Crippen LogP contribution in [0.4, 0.5) is 10.3 Å². The van der Waals surface area contributed by atoms with Crippen molar-refractivity contribution >= 4 is 28.4 Å². The molecular formula is C20H18FN7O. The number of amides is 1. The van der Waals surface area contributed by atoms with Crippen molar-refractivity contribution in [3.63, 3.8) is 0 Å². The number of nitrogens with zero attached hydrogens (tertiary/aromatic N) is 5. The van der Waals surface area contributed by atoms with Gasteiger partial charge < -0.3 is 10.6 Å². The second-order valence-electron chi connectivity index (χ2n) is 6.96. The number of halogens is 1. The van der Waals surface area contributed by atoms with Gasteiger partial charge in [-0.15, -0.1) is 5.10 Å². The van der Waals surface area contributed by atoms with Gasteiger partial charge >= 0.3 is 0 Å². The smallest absolute Gasteiger partial charge is 0.242 e. The van der Waals surface area contributed by atoms with E-state index >= 15 is 0 Å². The molecule has 1 fully saturated rings. The van der Waals surface area contributed by atoms with E-state index in [9.17, 15) is 9.18 Å². The number of aromatic nitrogens is 5. The third-order valence-corrected chi connectivity index (χ3v) is 5.03. The number of benzene rings is 1. The molecule has 0 spiro atoms. The number of pyridine rings is 1. The number of hydrogen-bond acceptors (Lipinski definition) is 6. The fourth-order valence-corrected chi connectivity index (χ4v) is 3.55. The van der Waals surface area contributed by atoms with Gasteiger partial charge in [-0.05, 0) is 37.5 Å². The van der Waals surface area contributed by atoms with Gasteiger partial charge in [0.25, 0.3) is 0 Å². The maximum Gasteiger partial charge on any atom is 0.242 e. The number of anilines is 1. The Morgan fingerprint density at radius 3 is 2.97 bits per heavy atom. The van der Waals surface area contributed by atoms with Crippen molar-refractivity contribution in [2.45, 2.75) is 25.3 Å². The molecule has 1 atom stereocenters. The Morgan fingerprint density at radius 2 is 2.07 bits per heavy atom. The molecule has 3 aromatic heterocycles. The average molecular weight is 391 g/mol. The van der Waals surface area contributed by atoms with E-state index in [0.717, 1.165) is 24.4 Å². The lowest BCUT2D eigenvalue weighted by Crippen LogP contribution is -2.38. The first-order chi connectivity index (χ1) is 14.2. The summed E-state index contributed by atoms with van der Waals surface area (Å²) in [4.78, 5) is 25.4. The maximum atomic E-state index is 14.3. The van der Waals surface area contributed by atoms with E-state index in [1.54, 1.807) is 0 Å². The number of carbonyl (C=O) groups is 1. The van der Waals surface area contributed by atoms with E-state index in [0.29, 0.717) is 30.1 Å². The fourth-order valence-electron chi connectivity index (χ4n) is 3.55. The minimum Gasteiger partial charge on any atom is -0.354 e. The molecular weight excluding hydrogens is 373 g/mol. The Labute approximate surface area is 165 Å². The summed E-state index contributed by atoms with van der Waals surface area (Å²) in [6.45, 7) is 0.673. The first-order valence-electron chi connectivity index (χ1n) is 9.50. The predicted molar refractivity (Wildman–Crippen MR) is 106 cm³/mol. The quantitative estimate of drug-likeness (QED) is 0.557. The summed E-state index contributed by atoms with van der Waals surface area (Å²) in [7, 11) is 0. The van der Waals surface area contributed by atoms with Gasteiger partial charge in [-0.25, -0.2) is 14.4 Å². The molecule has 0 aliphatic carbocycles. The second kappa shape index (κ2) is 7.08. The SMILES string of the molecule is O=C1NCCCC[C@@H]1Nc1nc2ccccc2c2nc(-c3ccncc3F)nn12. The van der Waals surface area contributed by atoms with Crippen molar-refractivity contribution in [2.75, 3.05) is 11.9 Å². The molecule has 4 aromatic rings. The molecule has 9 heteroatoms. The lowest BCUT2D eigenvalue weighted by atomic mass is 10.1. The molecule has 1 amide bonds. The first-order valence-corrected chi connectivity index (χ1v) is 9.50. The molecule has 146 valence electrons. The van der Waals surface area contributed by atoms with Gasteiger partial charge in [0.2, 0.25) is 11.9 Å². The van der Waals surface area contributed by atoms with E-state index in [2.05, 4.69) is 30.7 Å². The molecule has 29 heavy (non-hydrogen) atoms. The summed E-state index contributed by atoms with van der Waals surface area (Å²) in [5.41, 5.74) is 1.51. The lowest BCUT2D eigenvalue weighted by Gasteiger charge is -2.16. The van der Waals surface area contributed by atoms with Gasteiger partial charge in [-0.1, -0.05) is 12.1 Å². The van der Waals surface area contributed by atoms with Crippen LogP contribution in [0.2, 0.25) is 0 Å². The average Bonchev–Trinajstić information content (AvgIpc) is 3.08. The molecule has 1 aliphatic heterocycles. The Balaban J connectivity index is 1.68. The summed E-state index contributed by atoms with van der Waals surface area (Å²) < 4.78 is 15.8. The molecule has 1 aromatic carbocycles. The summed E-state index contributed by atoms with van der Waals surface area (Å²) in [5, 5.41) is 11.4. The Bertz CT molecular complexity index is 1220. The van der Waals surface area contributed by atoms with Gasteiger partial charge in [0.15, 0.2) is 17.3 Å². The van der Waals surface area contributed by atoms with Crippen LogP contribution in [0.1, 0.15) is 19.3 Å². The van der Waals surface area contributed by atoms with Crippen molar-refractivity contribution in [3.8, 4) is 11.4 Å². The van der Waals surface area contributed by atoms with Crippen molar-refractivity contribution in [2.24, 2.45) is 0 Å². The summed E-state index contributed by atoms with van der Waals surface area (Å²) in [5.74, 6) is 0.0647. The highest BCUT2D eigenvalue weighted by Crippen LogP contribution is 2.25. The molecule has 1 aliphatic rings. The fraction of sp³-hybridized carbons (Fsp3) is 0.250. The molecule has 1 saturated heterocycles. The summed E-state index contributed by atoms with van der Waals surface area (Å²) >= 11 is 0. The monoisotopic (exact) mass is 391 g/mol. The van der Waals surface area contributed by atoms with E-state index < -0.39 is 11.9 Å². The van der Waals surface area contributed by atoms with Gasteiger partial charge in [0, 0.05) is 18.1 Å². The van der Waals surface area contributed by atoms with Crippen LogP contribution < -0.4 is 10.6 Å². The van der Waals surface area contributed by atoms with Crippen molar-refractivity contribution in [1.82, 2.24) is 29.9 Å². The maximum absolute atomic E-state index is 14.3. The molecule has 5 rings (SSSR count). The molecule has 0 bridgehead atoms. The number of fused-ring (bicyclic) bond motifs is 3. The highest BCUT2D eigenvalue weighted by atomic mass is 19.1. The van der Waals surface area contributed by atoms with Crippen LogP contribution in [0.25, 0.3) is 27.9 Å². The first kappa shape index (κ1) is 17.5. The van der Waals surface area contributed by atoms with Crippen molar-refractivity contribution in [1.29, 1.82) is 0 Å². The molecule has 4 heterocycles. The molecule has 0 saturated carbocycles. The number of rotatable bonds is 3. The minimum atomic E-state index is -0.502.